The van der Waals surface area contributed by atoms with Crippen LogP contribution >= 0.6 is 31.9 Å². The normalized spacial score (nSPS) is 14.6. The van der Waals surface area contributed by atoms with Gasteiger partial charge in [-0.15, -0.1) is 0 Å². The lowest BCUT2D eigenvalue weighted by Crippen LogP contribution is -1.95. The summed E-state index contributed by atoms with van der Waals surface area (Å²) < 4.78 is 31.6. The summed E-state index contributed by atoms with van der Waals surface area (Å²) >= 11 is 6.05. The molecule has 13 heavy (non-hydrogen) atoms. The van der Waals surface area contributed by atoms with Gasteiger partial charge in [0.1, 0.15) is 16.9 Å². The number of hydrogen-bond donors (Lipinski definition) is 0. The molecule has 2 aromatic heterocycles. The van der Waals surface area contributed by atoms with Crippen LogP contribution in [0.4, 0.5) is 0 Å². The zero-order valence-electron chi connectivity index (χ0n) is 10.0. The van der Waals surface area contributed by atoms with Crippen molar-refractivity contribution >= 4 is 31.9 Å². The predicted molar refractivity (Wildman–Crippen MR) is 54.6 cm³/mol. The van der Waals surface area contributed by atoms with Crippen molar-refractivity contribution in [3.63, 3.8) is 0 Å². The molecule has 6 heteroatoms. The Morgan fingerprint density at radius 3 is 2.85 bits per heavy atom. The molecule has 0 aromatic carbocycles. The Bertz CT molecular complexity index is 600. The molecular formula is C7H4Br2N4. The summed E-state index contributed by atoms with van der Waals surface area (Å²) in [5.41, 5.74) is 0. The third-order valence-electron chi connectivity index (χ3n) is 1.17. The maximum Gasteiger partial charge on any atom is 0.157 e. The van der Waals surface area contributed by atoms with Crippen LogP contribution in [0, 0.1) is 0 Å². The topological polar surface area (TPSA) is 43.6 Å². The molecule has 0 saturated heterocycles. The SMILES string of the molecule is [2H]c1nc([2H])c(-n2c([2H])nc(Br)c2[2H])nc1Br. The minimum absolute atomic E-state index is 0.0129. The van der Waals surface area contributed by atoms with Gasteiger partial charge in [-0.3, -0.25) is 9.55 Å². The van der Waals surface area contributed by atoms with Crippen LogP contribution in [0.5, 0.6) is 0 Å². The van der Waals surface area contributed by atoms with Crippen LogP contribution in [0.25, 0.3) is 5.82 Å². The average Bonchev–Trinajstić information content (AvgIpc) is 2.48. The van der Waals surface area contributed by atoms with E-state index in [1.807, 2.05) is 0 Å². The van der Waals surface area contributed by atoms with Gasteiger partial charge in [0.2, 0.25) is 0 Å². The van der Waals surface area contributed by atoms with Gasteiger partial charge in [-0.1, -0.05) is 0 Å². The largest absolute Gasteiger partial charge is 0.288 e. The zero-order chi connectivity index (χ0) is 12.7. The van der Waals surface area contributed by atoms with E-state index in [1.54, 1.807) is 0 Å². The molecule has 66 valence electrons. The second kappa shape index (κ2) is 3.55. The van der Waals surface area contributed by atoms with Crippen molar-refractivity contribution in [2.24, 2.45) is 0 Å². The van der Waals surface area contributed by atoms with Gasteiger partial charge in [0.05, 0.1) is 16.5 Å². The van der Waals surface area contributed by atoms with Gasteiger partial charge in [0, 0.05) is 6.17 Å². The Balaban J connectivity index is 2.72. The highest BCUT2D eigenvalue weighted by molar-refractivity contribution is 9.10. The first-order valence-corrected chi connectivity index (χ1v) is 4.73. The molecule has 0 fully saturated rings. The van der Waals surface area contributed by atoms with Crippen LogP contribution in [-0.2, 0) is 0 Å². The van der Waals surface area contributed by atoms with Crippen molar-refractivity contribution in [1.29, 1.82) is 0 Å². The Labute approximate surface area is 96.9 Å². The lowest BCUT2D eigenvalue weighted by atomic mass is 10.6. The molecule has 2 rings (SSSR count). The minimum atomic E-state index is -0.287. The fourth-order valence-corrected chi connectivity index (χ4v) is 1.22. The predicted octanol–water partition coefficient (Wildman–Crippen LogP) is 2.19. The van der Waals surface area contributed by atoms with Crippen molar-refractivity contribution < 1.29 is 5.48 Å². The maximum absolute atomic E-state index is 7.69. The van der Waals surface area contributed by atoms with Crippen LogP contribution in [-0.4, -0.2) is 19.5 Å². The van der Waals surface area contributed by atoms with Gasteiger partial charge in [-0.25, -0.2) is 9.97 Å². The molecule has 2 aromatic rings. The molecule has 0 spiro atoms. The lowest BCUT2D eigenvalue weighted by Gasteiger charge is -1.98. The fourth-order valence-electron chi connectivity index (χ4n) is 0.704. The highest BCUT2D eigenvalue weighted by Crippen LogP contribution is 2.11. The second-order valence-electron chi connectivity index (χ2n) is 2.01. The maximum atomic E-state index is 7.69. The lowest BCUT2D eigenvalue weighted by molar-refractivity contribution is 0.960. The van der Waals surface area contributed by atoms with E-state index in [0.717, 1.165) is 4.57 Å². The number of aromatic nitrogens is 4. The Kier molecular flexibility index (Phi) is 1.42. The Morgan fingerprint density at radius 1 is 1.31 bits per heavy atom. The molecule has 4 nitrogen and oxygen atoms in total. The molecule has 0 amide bonds. The van der Waals surface area contributed by atoms with Crippen LogP contribution in [0.1, 0.15) is 5.48 Å². The van der Waals surface area contributed by atoms with Gasteiger partial charge < -0.3 is 0 Å². The molecule has 0 radical (unpaired) electrons. The molecule has 0 atom stereocenters. The standard InChI is InChI=1S/C7H4Br2N4/c8-5-1-10-2-7(12-5)13-3-6(9)11-4-13/h1-4H/i1D,2D,3D,4D. The summed E-state index contributed by atoms with van der Waals surface area (Å²) in [5.74, 6) is -0.0129. The van der Waals surface area contributed by atoms with Crippen molar-refractivity contribution in [3.8, 4) is 5.82 Å². The number of rotatable bonds is 1. The molecular weight excluding hydrogens is 300 g/mol. The summed E-state index contributed by atoms with van der Waals surface area (Å²) in [7, 11) is 0. The fraction of sp³-hybridized carbons (Fsp3) is 0. The van der Waals surface area contributed by atoms with E-state index >= 15 is 0 Å². The smallest absolute Gasteiger partial charge is 0.157 e. The number of halogens is 2. The summed E-state index contributed by atoms with van der Waals surface area (Å²) in [6.45, 7) is 0. The molecule has 0 aliphatic rings. The zero-order valence-corrected chi connectivity index (χ0v) is 9.22. The highest BCUT2D eigenvalue weighted by Gasteiger charge is 2.00. The van der Waals surface area contributed by atoms with Crippen molar-refractivity contribution in [2.75, 3.05) is 0 Å². The van der Waals surface area contributed by atoms with Crippen LogP contribution in [0.15, 0.2) is 34.0 Å². The molecule has 2 heterocycles. The summed E-state index contributed by atoms with van der Waals surface area (Å²) in [5, 5.41) is 0. The first-order chi connectivity index (χ1) is 7.91. The van der Waals surface area contributed by atoms with E-state index in [4.69, 9.17) is 5.48 Å². The first kappa shape index (κ1) is 5.21. The molecule has 0 aliphatic heterocycles. The number of nitrogens with zero attached hydrogens (tertiary/aromatic N) is 4. The van der Waals surface area contributed by atoms with Gasteiger partial charge in [0.15, 0.2) is 5.82 Å². The van der Waals surface area contributed by atoms with E-state index in [1.165, 1.54) is 0 Å². The Hall–Kier alpha value is -0.750. The summed E-state index contributed by atoms with van der Waals surface area (Å²) in [4.78, 5) is 11.3. The molecule has 0 aliphatic carbocycles. The van der Waals surface area contributed by atoms with Crippen molar-refractivity contribution in [2.45, 2.75) is 0 Å². The minimum Gasteiger partial charge on any atom is -0.288 e. The van der Waals surface area contributed by atoms with E-state index in [0.29, 0.717) is 0 Å². The van der Waals surface area contributed by atoms with Gasteiger partial charge >= 0.3 is 0 Å². The summed E-state index contributed by atoms with van der Waals surface area (Å²) in [6.07, 6.45) is -0.780. The second-order valence-corrected chi connectivity index (χ2v) is 3.51. The van der Waals surface area contributed by atoms with Gasteiger partial charge in [0.25, 0.3) is 0 Å². The van der Waals surface area contributed by atoms with E-state index in [-0.39, 0.29) is 39.8 Å². The molecule has 0 saturated carbocycles. The van der Waals surface area contributed by atoms with Crippen LogP contribution in [0.3, 0.4) is 0 Å². The summed E-state index contributed by atoms with van der Waals surface area (Å²) in [6, 6.07) is 0. The third-order valence-corrected chi connectivity index (χ3v) is 1.88. The van der Waals surface area contributed by atoms with Crippen LogP contribution in [0.2, 0.25) is 0 Å². The highest BCUT2D eigenvalue weighted by atomic mass is 79.9. The average molecular weight is 308 g/mol. The van der Waals surface area contributed by atoms with E-state index < -0.39 is 0 Å². The van der Waals surface area contributed by atoms with Crippen LogP contribution < -0.4 is 0 Å². The Morgan fingerprint density at radius 2 is 2.15 bits per heavy atom. The quantitative estimate of drug-likeness (QED) is 0.811. The molecule has 0 N–H and O–H groups in total. The van der Waals surface area contributed by atoms with E-state index in [9.17, 15) is 0 Å². The first-order valence-electron chi connectivity index (χ1n) is 5.14. The third kappa shape index (κ3) is 1.94. The number of hydrogen-bond acceptors (Lipinski definition) is 3. The number of imidazole rings is 1. The van der Waals surface area contributed by atoms with Gasteiger partial charge in [-0.05, 0) is 31.9 Å². The molecule has 0 bridgehead atoms. The van der Waals surface area contributed by atoms with E-state index in [2.05, 4.69) is 46.8 Å². The van der Waals surface area contributed by atoms with Gasteiger partial charge in [-0.2, -0.15) is 0 Å². The monoisotopic (exact) mass is 306 g/mol. The molecule has 0 unspecified atom stereocenters. The van der Waals surface area contributed by atoms with Crippen molar-refractivity contribution in [1.82, 2.24) is 19.5 Å². The van der Waals surface area contributed by atoms with Crippen molar-refractivity contribution in [3.05, 3.63) is 34.0 Å².